The molecule has 0 amide bonds. The fourth-order valence-electron chi connectivity index (χ4n) is 2.64. The van der Waals surface area contributed by atoms with Gasteiger partial charge in [0.1, 0.15) is 5.69 Å². The summed E-state index contributed by atoms with van der Waals surface area (Å²) >= 11 is 0. The highest BCUT2D eigenvalue weighted by Crippen LogP contribution is 2.27. The third-order valence-corrected chi connectivity index (χ3v) is 4.95. The Kier molecular flexibility index (Phi) is 6.75. The van der Waals surface area contributed by atoms with Gasteiger partial charge >= 0.3 is 0 Å². The molecule has 1 aromatic rings. The van der Waals surface area contributed by atoms with Crippen LogP contribution in [0.4, 0.5) is 0 Å². The minimum Gasteiger partial charge on any atom is -0.367 e. The summed E-state index contributed by atoms with van der Waals surface area (Å²) in [5, 5.41) is 9.44. The molecular weight excluding hydrogens is 312 g/mol. The molecule has 0 aliphatic carbocycles. The lowest BCUT2D eigenvalue weighted by Crippen LogP contribution is -2.37. The van der Waals surface area contributed by atoms with Crippen molar-refractivity contribution >= 4 is 0 Å². The zero-order valence-electron chi connectivity index (χ0n) is 16.0. The number of aromatic nitrogens is 2. The summed E-state index contributed by atoms with van der Waals surface area (Å²) in [7, 11) is 0. The molecule has 1 aliphatic heterocycles. The minimum absolute atomic E-state index is 0.0324. The van der Waals surface area contributed by atoms with E-state index >= 15 is 0 Å². The maximum absolute atomic E-state index is 9.44. The highest BCUT2D eigenvalue weighted by molar-refractivity contribution is 5.31. The van der Waals surface area contributed by atoms with Gasteiger partial charge in [0.25, 0.3) is 0 Å². The van der Waals surface area contributed by atoms with Crippen LogP contribution in [-0.4, -0.2) is 28.0 Å². The molecule has 3 atom stereocenters. The third-order valence-electron chi connectivity index (χ3n) is 4.95. The first-order valence-electron chi connectivity index (χ1n) is 9.27. The van der Waals surface area contributed by atoms with Gasteiger partial charge in [-0.05, 0) is 25.2 Å². The van der Waals surface area contributed by atoms with Gasteiger partial charge in [-0.25, -0.2) is 4.98 Å². The van der Waals surface area contributed by atoms with Gasteiger partial charge in [-0.3, -0.25) is 4.98 Å². The Hall–Kier alpha value is -1.70. The average Bonchev–Trinajstić information content (AvgIpc) is 2.62. The van der Waals surface area contributed by atoms with E-state index in [1.807, 2.05) is 6.08 Å². The SMILES string of the molecule is CCc1nc(C#CC(/C=C\[C@H]2CO[C@@H]2O)CC)cnc1C(C)(C)CC. The van der Waals surface area contributed by atoms with Crippen LogP contribution in [0.2, 0.25) is 0 Å². The van der Waals surface area contributed by atoms with Crippen molar-refractivity contribution < 1.29 is 9.84 Å². The van der Waals surface area contributed by atoms with Crippen LogP contribution >= 0.6 is 0 Å². The quantitative estimate of drug-likeness (QED) is 0.634. The van der Waals surface area contributed by atoms with Crippen molar-refractivity contribution in [3.8, 4) is 11.8 Å². The first-order valence-corrected chi connectivity index (χ1v) is 9.27. The summed E-state index contributed by atoms with van der Waals surface area (Å²) in [5.41, 5.74) is 2.88. The average molecular weight is 342 g/mol. The van der Waals surface area contributed by atoms with E-state index in [4.69, 9.17) is 9.72 Å². The first-order chi connectivity index (χ1) is 11.9. The van der Waals surface area contributed by atoms with Crippen LogP contribution in [0.3, 0.4) is 0 Å². The van der Waals surface area contributed by atoms with Crippen LogP contribution in [0, 0.1) is 23.7 Å². The summed E-state index contributed by atoms with van der Waals surface area (Å²) in [4.78, 5) is 9.40. The zero-order valence-corrected chi connectivity index (χ0v) is 16.0. The van der Waals surface area contributed by atoms with E-state index in [2.05, 4.69) is 57.5 Å². The Morgan fingerprint density at radius 1 is 1.40 bits per heavy atom. The minimum atomic E-state index is -0.658. The van der Waals surface area contributed by atoms with Crippen molar-refractivity contribution in [2.75, 3.05) is 6.61 Å². The van der Waals surface area contributed by atoms with E-state index < -0.39 is 6.29 Å². The molecule has 1 aliphatic rings. The van der Waals surface area contributed by atoms with Gasteiger partial charge in [0.05, 0.1) is 30.1 Å². The molecule has 0 saturated carbocycles. The lowest BCUT2D eigenvalue weighted by molar-refractivity contribution is -0.215. The van der Waals surface area contributed by atoms with E-state index in [9.17, 15) is 5.11 Å². The van der Waals surface area contributed by atoms with Gasteiger partial charge in [0.15, 0.2) is 6.29 Å². The van der Waals surface area contributed by atoms with Crippen molar-refractivity contribution in [2.24, 2.45) is 11.8 Å². The Morgan fingerprint density at radius 3 is 2.68 bits per heavy atom. The number of aliphatic hydroxyl groups is 1. The van der Waals surface area contributed by atoms with Crippen molar-refractivity contribution in [3.05, 3.63) is 35.4 Å². The van der Waals surface area contributed by atoms with Crippen LogP contribution in [0.15, 0.2) is 18.3 Å². The zero-order chi connectivity index (χ0) is 18.4. The number of hydrogen-bond acceptors (Lipinski definition) is 4. The molecule has 0 radical (unpaired) electrons. The summed E-state index contributed by atoms with van der Waals surface area (Å²) < 4.78 is 4.96. The van der Waals surface area contributed by atoms with Crippen molar-refractivity contribution in [1.82, 2.24) is 9.97 Å². The van der Waals surface area contributed by atoms with E-state index in [-0.39, 0.29) is 17.3 Å². The number of allylic oxidation sites excluding steroid dienone is 1. The fraction of sp³-hybridized carbons (Fsp3) is 0.619. The summed E-state index contributed by atoms with van der Waals surface area (Å²) in [5.74, 6) is 6.68. The van der Waals surface area contributed by atoms with E-state index in [0.29, 0.717) is 6.61 Å². The van der Waals surface area contributed by atoms with Crippen LogP contribution < -0.4 is 0 Å². The van der Waals surface area contributed by atoms with Crippen LogP contribution in [-0.2, 0) is 16.6 Å². The molecule has 0 spiro atoms. The molecule has 1 N–H and O–H groups in total. The molecule has 1 aromatic heterocycles. The maximum Gasteiger partial charge on any atom is 0.163 e. The summed E-state index contributed by atoms with van der Waals surface area (Å²) in [6.07, 6.45) is 8.01. The van der Waals surface area contributed by atoms with Crippen molar-refractivity contribution in [2.45, 2.75) is 65.6 Å². The van der Waals surface area contributed by atoms with E-state index in [1.165, 1.54) is 0 Å². The number of aliphatic hydroxyl groups excluding tert-OH is 1. The predicted octanol–water partition coefficient (Wildman–Crippen LogP) is 3.63. The van der Waals surface area contributed by atoms with Gasteiger partial charge in [0.2, 0.25) is 0 Å². The molecule has 1 saturated heterocycles. The molecule has 4 nitrogen and oxygen atoms in total. The van der Waals surface area contributed by atoms with Gasteiger partial charge < -0.3 is 9.84 Å². The smallest absolute Gasteiger partial charge is 0.163 e. The Morgan fingerprint density at radius 2 is 2.16 bits per heavy atom. The largest absolute Gasteiger partial charge is 0.367 e. The van der Waals surface area contributed by atoms with Crippen molar-refractivity contribution in [3.63, 3.8) is 0 Å². The standard InChI is InChI=1S/C21H30N2O2/c1-6-15(9-11-16-14-25-20(16)24)10-12-17-13-22-19(18(7-2)23-17)21(4,5)8-3/h9,11,13,15-16,20,24H,6-8,14H2,1-5H3/b11-9-/t15?,16-,20-/m0/s1. The summed E-state index contributed by atoms with van der Waals surface area (Å²) in [6, 6.07) is 0. The maximum atomic E-state index is 9.44. The molecule has 2 rings (SSSR count). The Bertz CT molecular complexity index is 670. The van der Waals surface area contributed by atoms with Gasteiger partial charge in [-0.15, -0.1) is 0 Å². The topological polar surface area (TPSA) is 55.2 Å². The van der Waals surface area contributed by atoms with Crippen LogP contribution in [0.1, 0.15) is 64.5 Å². The molecule has 1 unspecified atom stereocenters. The number of ether oxygens (including phenoxy) is 1. The number of rotatable bonds is 6. The molecule has 1 fully saturated rings. The normalized spacial score (nSPS) is 21.5. The third kappa shape index (κ3) is 4.90. The molecule has 2 heterocycles. The molecule has 4 heteroatoms. The Labute approximate surface area is 151 Å². The highest BCUT2D eigenvalue weighted by atomic mass is 16.6. The van der Waals surface area contributed by atoms with E-state index in [0.717, 1.165) is 36.3 Å². The molecule has 0 aromatic carbocycles. The molecule has 136 valence electrons. The second-order valence-electron chi connectivity index (χ2n) is 7.20. The molecule has 25 heavy (non-hydrogen) atoms. The van der Waals surface area contributed by atoms with Gasteiger partial charge in [-0.2, -0.15) is 0 Å². The van der Waals surface area contributed by atoms with Gasteiger partial charge in [-0.1, -0.05) is 52.7 Å². The van der Waals surface area contributed by atoms with Crippen LogP contribution in [0.25, 0.3) is 0 Å². The fourth-order valence-corrected chi connectivity index (χ4v) is 2.64. The summed E-state index contributed by atoms with van der Waals surface area (Å²) in [6.45, 7) is 11.4. The first kappa shape index (κ1) is 19.6. The van der Waals surface area contributed by atoms with Crippen molar-refractivity contribution in [1.29, 1.82) is 0 Å². The number of nitrogens with zero attached hydrogens (tertiary/aromatic N) is 2. The Balaban J connectivity index is 2.15. The molecular formula is C21H30N2O2. The second-order valence-corrected chi connectivity index (χ2v) is 7.20. The van der Waals surface area contributed by atoms with Crippen LogP contribution in [0.5, 0.6) is 0 Å². The molecule has 0 bridgehead atoms. The lowest BCUT2D eigenvalue weighted by atomic mass is 9.84. The van der Waals surface area contributed by atoms with Gasteiger partial charge in [0, 0.05) is 11.3 Å². The highest BCUT2D eigenvalue weighted by Gasteiger charge is 2.27. The second kappa shape index (κ2) is 8.60. The number of hydrogen-bond donors (Lipinski definition) is 1. The number of aryl methyl sites for hydroxylation is 1. The van der Waals surface area contributed by atoms with E-state index in [1.54, 1.807) is 6.20 Å². The predicted molar refractivity (Wildman–Crippen MR) is 100.0 cm³/mol. The monoisotopic (exact) mass is 342 g/mol. The lowest BCUT2D eigenvalue weighted by Gasteiger charge is -2.30.